The molecule has 0 aliphatic heterocycles. The Morgan fingerprint density at radius 2 is 1.47 bits per heavy atom. The van der Waals surface area contributed by atoms with Crippen LogP contribution >= 0.6 is 11.8 Å². The van der Waals surface area contributed by atoms with Crippen molar-refractivity contribution in [1.29, 1.82) is 0 Å². The largest absolute Gasteiger partial charge is 0.309 e. The van der Waals surface area contributed by atoms with Crippen LogP contribution in [-0.4, -0.2) is 25.5 Å². The molecule has 0 saturated carbocycles. The molecule has 0 radical (unpaired) electrons. The predicted octanol–water partition coefficient (Wildman–Crippen LogP) is 4.33. The first-order chi connectivity index (χ1) is 9.24. The summed E-state index contributed by atoms with van der Waals surface area (Å²) in [5.41, 5.74) is 1.43. The SMILES string of the molecule is CN(C)CCCc1ccc(Sc2ccccc2)cc1. The average Bonchev–Trinajstić information content (AvgIpc) is 2.42. The van der Waals surface area contributed by atoms with Gasteiger partial charge in [0.05, 0.1) is 0 Å². The van der Waals surface area contributed by atoms with E-state index in [0.717, 1.165) is 13.0 Å². The first-order valence-corrected chi connectivity index (χ1v) is 7.52. The van der Waals surface area contributed by atoms with Gasteiger partial charge in [-0.05, 0) is 63.3 Å². The van der Waals surface area contributed by atoms with Gasteiger partial charge in [-0.2, -0.15) is 0 Å². The minimum Gasteiger partial charge on any atom is -0.309 e. The smallest absolute Gasteiger partial charge is 0.0122 e. The molecule has 0 aliphatic carbocycles. The lowest BCUT2D eigenvalue weighted by atomic mass is 10.1. The summed E-state index contributed by atoms with van der Waals surface area (Å²) in [5, 5.41) is 0. The molecule has 0 unspecified atom stereocenters. The Morgan fingerprint density at radius 3 is 2.11 bits per heavy atom. The normalized spacial score (nSPS) is 10.9. The number of hydrogen-bond donors (Lipinski definition) is 0. The second kappa shape index (κ2) is 7.37. The van der Waals surface area contributed by atoms with Gasteiger partial charge in [0, 0.05) is 9.79 Å². The zero-order chi connectivity index (χ0) is 13.5. The van der Waals surface area contributed by atoms with Gasteiger partial charge in [0.2, 0.25) is 0 Å². The summed E-state index contributed by atoms with van der Waals surface area (Å²) in [6.45, 7) is 1.15. The molecule has 2 aromatic carbocycles. The quantitative estimate of drug-likeness (QED) is 0.769. The van der Waals surface area contributed by atoms with Gasteiger partial charge in [0.25, 0.3) is 0 Å². The van der Waals surface area contributed by atoms with Crippen molar-refractivity contribution < 1.29 is 0 Å². The van der Waals surface area contributed by atoms with Gasteiger partial charge in [-0.25, -0.2) is 0 Å². The van der Waals surface area contributed by atoms with Crippen molar-refractivity contribution in [3.63, 3.8) is 0 Å². The number of rotatable bonds is 6. The van der Waals surface area contributed by atoms with E-state index >= 15 is 0 Å². The van der Waals surface area contributed by atoms with Crippen molar-refractivity contribution >= 4 is 11.8 Å². The third-order valence-corrected chi connectivity index (χ3v) is 3.99. The van der Waals surface area contributed by atoms with Crippen molar-refractivity contribution in [1.82, 2.24) is 4.90 Å². The fraction of sp³-hybridized carbons (Fsp3) is 0.294. The number of hydrogen-bond acceptors (Lipinski definition) is 2. The van der Waals surface area contributed by atoms with E-state index in [2.05, 4.69) is 73.6 Å². The predicted molar refractivity (Wildman–Crippen MR) is 83.9 cm³/mol. The van der Waals surface area contributed by atoms with Crippen LogP contribution in [0.25, 0.3) is 0 Å². The number of nitrogens with zero attached hydrogens (tertiary/aromatic N) is 1. The van der Waals surface area contributed by atoms with E-state index in [1.165, 1.54) is 21.8 Å². The molecule has 0 saturated heterocycles. The van der Waals surface area contributed by atoms with Crippen LogP contribution in [0.5, 0.6) is 0 Å². The summed E-state index contributed by atoms with van der Waals surface area (Å²) in [6, 6.07) is 19.5. The molecule has 0 heterocycles. The molecule has 0 aromatic heterocycles. The van der Waals surface area contributed by atoms with Crippen LogP contribution in [0, 0.1) is 0 Å². The zero-order valence-electron chi connectivity index (χ0n) is 11.7. The van der Waals surface area contributed by atoms with E-state index < -0.39 is 0 Å². The van der Waals surface area contributed by atoms with Crippen LogP contribution in [0.2, 0.25) is 0 Å². The molecule has 0 spiro atoms. The van der Waals surface area contributed by atoms with Crippen molar-refractivity contribution in [3.8, 4) is 0 Å². The molecule has 0 amide bonds. The Balaban J connectivity index is 1.88. The topological polar surface area (TPSA) is 3.24 Å². The zero-order valence-corrected chi connectivity index (χ0v) is 12.5. The molecule has 2 aromatic rings. The molecule has 100 valence electrons. The van der Waals surface area contributed by atoms with E-state index in [1.54, 1.807) is 0 Å². The summed E-state index contributed by atoms with van der Waals surface area (Å²) in [7, 11) is 4.25. The molecule has 2 rings (SSSR count). The van der Waals surface area contributed by atoms with Crippen molar-refractivity contribution in [2.24, 2.45) is 0 Å². The van der Waals surface area contributed by atoms with E-state index in [1.807, 2.05) is 11.8 Å². The Kier molecular flexibility index (Phi) is 5.49. The second-order valence-electron chi connectivity index (χ2n) is 4.97. The van der Waals surface area contributed by atoms with E-state index in [9.17, 15) is 0 Å². The fourth-order valence-corrected chi connectivity index (χ4v) is 2.79. The third-order valence-electron chi connectivity index (χ3n) is 2.97. The minimum atomic E-state index is 1.15. The van der Waals surface area contributed by atoms with E-state index in [-0.39, 0.29) is 0 Å². The van der Waals surface area contributed by atoms with Crippen LogP contribution in [0.15, 0.2) is 64.4 Å². The van der Waals surface area contributed by atoms with Crippen LogP contribution in [0.1, 0.15) is 12.0 Å². The highest BCUT2D eigenvalue weighted by atomic mass is 32.2. The number of aryl methyl sites for hydroxylation is 1. The second-order valence-corrected chi connectivity index (χ2v) is 6.11. The summed E-state index contributed by atoms with van der Waals surface area (Å²) < 4.78 is 0. The molecule has 0 fully saturated rings. The molecule has 1 nitrogen and oxygen atoms in total. The lowest BCUT2D eigenvalue weighted by Gasteiger charge is -2.09. The minimum absolute atomic E-state index is 1.15. The molecular weight excluding hydrogens is 250 g/mol. The Morgan fingerprint density at radius 1 is 0.842 bits per heavy atom. The summed E-state index contributed by atoms with van der Waals surface area (Å²) >= 11 is 1.82. The maximum absolute atomic E-state index is 2.25. The van der Waals surface area contributed by atoms with Crippen molar-refractivity contribution in [2.75, 3.05) is 20.6 Å². The van der Waals surface area contributed by atoms with Gasteiger partial charge in [-0.1, -0.05) is 42.1 Å². The average molecular weight is 271 g/mol. The monoisotopic (exact) mass is 271 g/mol. The molecule has 2 heteroatoms. The third kappa shape index (κ3) is 5.09. The maximum Gasteiger partial charge on any atom is 0.0122 e. The lowest BCUT2D eigenvalue weighted by Crippen LogP contribution is -2.13. The van der Waals surface area contributed by atoms with Gasteiger partial charge in [0.15, 0.2) is 0 Å². The molecule has 0 atom stereocenters. The standard InChI is InChI=1S/C17H21NS/c1-18(2)14-6-7-15-10-12-17(13-11-15)19-16-8-4-3-5-9-16/h3-5,8-13H,6-7,14H2,1-2H3. The maximum atomic E-state index is 2.25. The highest BCUT2D eigenvalue weighted by Crippen LogP contribution is 2.27. The summed E-state index contributed by atoms with van der Waals surface area (Å²) in [5.74, 6) is 0. The van der Waals surface area contributed by atoms with E-state index in [0.29, 0.717) is 0 Å². The summed E-state index contributed by atoms with van der Waals surface area (Å²) in [6.07, 6.45) is 2.38. The highest BCUT2D eigenvalue weighted by molar-refractivity contribution is 7.99. The van der Waals surface area contributed by atoms with Gasteiger partial charge < -0.3 is 4.90 Å². The Bertz CT molecular complexity index is 476. The molecule has 0 N–H and O–H groups in total. The van der Waals surface area contributed by atoms with Gasteiger partial charge in [-0.3, -0.25) is 0 Å². The fourth-order valence-electron chi connectivity index (χ4n) is 1.95. The van der Waals surface area contributed by atoms with E-state index in [4.69, 9.17) is 0 Å². The van der Waals surface area contributed by atoms with Gasteiger partial charge in [-0.15, -0.1) is 0 Å². The Hall–Kier alpha value is -1.25. The van der Waals surface area contributed by atoms with Crippen LogP contribution < -0.4 is 0 Å². The van der Waals surface area contributed by atoms with Crippen molar-refractivity contribution in [2.45, 2.75) is 22.6 Å². The Labute approximate surface area is 120 Å². The van der Waals surface area contributed by atoms with Crippen molar-refractivity contribution in [3.05, 3.63) is 60.2 Å². The number of benzene rings is 2. The van der Waals surface area contributed by atoms with Gasteiger partial charge >= 0.3 is 0 Å². The summed E-state index contributed by atoms with van der Waals surface area (Å²) in [4.78, 5) is 4.84. The molecule has 0 aliphatic rings. The molecule has 0 bridgehead atoms. The van der Waals surface area contributed by atoms with Gasteiger partial charge in [0.1, 0.15) is 0 Å². The lowest BCUT2D eigenvalue weighted by molar-refractivity contribution is 0.400. The van der Waals surface area contributed by atoms with Crippen LogP contribution in [0.4, 0.5) is 0 Å². The van der Waals surface area contributed by atoms with Crippen LogP contribution in [-0.2, 0) is 6.42 Å². The molecule has 19 heavy (non-hydrogen) atoms. The first-order valence-electron chi connectivity index (χ1n) is 6.70. The molecular formula is C17H21NS. The van der Waals surface area contributed by atoms with Crippen LogP contribution in [0.3, 0.4) is 0 Å². The highest BCUT2D eigenvalue weighted by Gasteiger charge is 1.98. The first kappa shape index (κ1) is 14.2.